The Morgan fingerprint density at radius 3 is 2.27 bits per heavy atom. The molecule has 0 radical (unpaired) electrons. The van der Waals surface area contributed by atoms with Crippen molar-refractivity contribution >= 4 is 50.8 Å². The summed E-state index contributed by atoms with van der Waals surface area (Å²) >= 11 is 0. The standard InChI is InChI=1S/C4H5O4P.Ca.H2O.2H/c5-9(6,7)4-2-1-3-8-4;;;;/h1-3H,(H2,5,6,7);;1H2;;/q;+2;;2*-1. The Labute approximate surface area is 95.8 Å². The molecule has 1 aromatic rings. The van der Waals surface area contributed by atoms with Gasteiger partial charge in [-0.1, -0.05) is 0 Å². The first-order valence-corrected chi connectivity index (χ1v) is 3.81. The van der Waals surface area contributed by atoms with Crippen LogP contribution in [0.2, 0.25) is 0 Å². The van der Waals surface area contributed by atoms with Gasteiger partial charge in [0.15, 0.2) is 0 Å². The smallest absolute Gasteiger partial charge is 1.00 e. The Balaban J connectivity index is -0.000000101. The molecule has 0 fully saturated rings. The molecule has 0 saturated heterocycles. The number of hydrogen-bond acceptors (Lipinski definition) is 2. The second-order valence-corrected chi connectivity index (χ2v) is 3.02. The summed E-state index contributed by atoms with van der Waals surface area (Å²) in [5.41, 5.74) is -0.289. The summed E-state index contributed by atoms with van der Waals surface area (Å²) in [6, 6.07) is 2.66. The molecular weight excluding hydrogens is 199 g/mol. The average Bonchev–Trinajstić information content (AvgIpc) is 2.08. The zero-order valence-corrected chi connectivity index (χ0v) is 8.70. The quantitative estimate of drug-likeness (QED) is 0.461. The van der Waals surface area contributed by atoms with Gasteiger partial charge in [-0.25, -0.2) is 0 Å². The van der Waals surface area contributed by atoms with Gasteiger partial charge in [-0.3, -0.25) is 4.57 Å². The van der Waals surface area contributed by atoms with Crippen LogP contribution in [0.25, 0.3) is 0 Å². The van der Waals surface area contributed by atoms with Crippen molar-refractivity contribution in [1.82, 2.24) is 0 Å². The number of rotatable bonds is 1. The van der Waals surface area contributed by atoms with E-state index in [0.717, 1.165) is 0 Å². The van der Waals surface area contributed by atoms with Crippen molar-refractivity contribution in [1.29, 1.82) is 0 Å². The van der Waals surface area contributed by atoms with Gasteiger partial charge >= 0.3 is 45.3 Å². The molecule has 0 unspecified atom stereocenters. The van der Waals surface area contributed by atoms with Gasteiger partial charge in [0.05, 0.1) is 6.26 Å². The Kier molecular flexibility index (Phi) is 6.87. The predicted octanol–water partition coefficient (Wildman–Crippen LogP) is -0.898. The summed E-state index contributed by atoms with van der Waals surface area (Å²) in [6.07, 6.45) is 1.22. The monoisotopic (exact) mass is 208 g/mol. The average molecular weight is 208 g/mol. The first-order valence-electron chi connectivity index (χ1n) is 2.20. The van der Waals surface area contributed by atoms with Crippen molar-refractivity contribution in [3.63, 3.8) is 0 Å². The van der Waals surface area contributed by atoms with Crippen molar-refractivity contribution in [2.75, 3.05) is 0 Å². The minimum atomic E-state index is -4.14. The first-order chi connectivity index (χ1) is 4.11. The van der Waals surface area contributed by atoms with Crippen molar-refractivity contribution in [2.24, 2.45) is 0 Å². The van der Waals surface area contributed by atoms with Gasteiger partial charge in [-0.15, -0.1) is 0 Å². The van der Waals surface area contributed by atoms with Crippen LogP contribution >= 0.6 is 7.60 Å². The number of furan rings is 1. The SMILES string of the molecule is O.O=P(O)(O)c1ccco1.[Ca+2].[H-].[H-]. The van der Waals surface area contributed by atoms with Crippen molar-refractivity contribution in [3.8, 4) is 0 Å². The van der Waals surface area contributed by atoms with E-state index in [1.54, 1.807) is 0 Å². The Hall–Kier alpha value is 0.650. The van der Waals surface area contributed by atoms with E-state index in [2.05, 4.69) is 4.42 Å². The van der Waals surface area contributed by atoms with Gasteiger partial charge in [-0.05, 0) is 12.1 Å². The van der Waals surface area contributed by atoms with Crippen molar-refractivity contribution in [3.05, 3.63) is 18.4 Å². The molecular formula is C4H9CaO5P. The largest absolute Gasteiger partial charge is 2.00 e. The summed E-state index contributed by atoms with van der Waals surface area (Å²) in [7, 11) is -4.14. The topological polar surface area (TPSA) is 102 Å². The maximum absolute atomic E-state index is 10.3. The van der Waals surface area contributed by atoms with Crippen LogP contribution < -0.4 is 5.50 Å². The fourth-order valence-electron chi connectivity index (χ4n) is 0.436. The fourth-order valence-corrected chi connectivity index (χ4v) is 0.914. The van der Waals surface area contributed by atoms with E-state index in [0.29, 0.717) is 0 Å². The molecule has 1 heterocycles. The van der Waals surface area contributed by atoms with Crippen LogP contribution in [-0.4, -0.2) is 53.0 Å². The van der Waals surface area contributed by atoms with E-state index in [4.69, 9.17) is 9.79 Å². The molecule has 0 atom stereocenters. The van der Waals surface area contributed by atoms with E-state index in [1.165, 1.54) is 18.4 Å². The third-order valence-corrected chi connectivity index (χ3v) is 1.62. The molecule has 0 aliphatic carbocycles. The number of hydrogen-bond donors (Lipinski definition) is 2. The zero-order chi connectivity index (χ0) is 6.91. The van der Waals surface area contributed by atoms with Crippen LogP contribution in [0, 0.1) is 0 Å². The molecule has 7 heteroatoms. The van der Waals surface area contributed by atoms with Gasteiger partial charge in [0.2, 0.25) is 5.50 Å². The maximum atomic E-state index is 10.3. The summed E-state index contributed by atoms with van der Waals surface area (Å²) in [6.45, 7) is 0. The molecule has 0 aliphatic rings. The molecule has 0 amide bonds. The third-order valence-electron chi connectivity index (χ3n) is 0.793. The molecule has 11 heavy (non-hydrogen) atoms. The Morgan fingerprint density at radius 2 is 2.09 bits per heavy atom. The maximum Gasteiger partial charge on any atom is 2.00 e. The summed E-state index contributed by atoms with van der Waals surface area (Å²) in [5.74, 6) is 0. The van der Waals surface area contributed by atoms with Crippen molar-refractivity contribution in [2.45, 2.75) is 0 Å². The molecule has 5 nitrogen and oxygen atoms in total. The van der Waals surface area contributed by atoms with Crippen molar-refractivity contribution < 1.29 is 27.1 Å². The van der Waals surface area contributed by atoms with E-state index in [1.807, 2.05) is 0 Å². The molecule has 0 aliphatic heterocycles. The minimum Gasteiger partial charge on any atom is -1.00 e. The van der Waals surface area contributed by atoms with Gasteiger partial charge in [0.1, 0.15) is 0 Å². The summed E-state index contributed by atoms with van der Waals surface area (Å²) < 4.78 is 14.7. The van der Waals surface area contributed by atoms with E-state index < -0.39 is 7.60 Å². The van der Waals surface area contributed by atoms with E-state index >= 15 is 0 Å². The molecule has 4 N–H and O–H groups in total. The van der Waals surface area contributed by atoms with Gasteiger partial charge in [0, 0.05) is 0 Å². The second-order valence-electron chi connectivity index (χ2n) is 1.50. The molecule has 0 saturated carbocycles. The molecule has 0 bridgehead atoms. The molecule has 0 aromatic carbocycles. The van der Waals surface area contributed by atoms with Crippen LogP contribution in [-0.2, 0) is 4.57 Å². The van der Waals surface area contributed by atoms with Crippen LogP contribution in [0.3, 0.4) is 0 Å². The second kappa shape index (κ2) is 5.32. The summed E-state index contributed by atoms with van der Waals surface area (Å²) in [5, 5.41) is 0. The Morgan fingerprint density at radius 1 is 1.55 bits per heavy atom. The molecule has 62 valence electrons. The summed E-state index contributed by atoms with van der Waals surface area (Å²) in [4.78, 5) is 16.8. The predicted molar refractivity (Wildman–Crippen MR) is 42.0 cm³/mol. The van der Waals surface area contributed by atoms with Gasteiger partial charge in [-0.2, -0.15) is 0 Å². The van der Waals surface area contributed by atoms with Gasteiger partial charge in [0.25, 0.3) is 0 Å². The van der Waals surface area contributed by atoms with E-state index in [9.17, 15) is 4.57 Å². The fraction of sp³-hybridized carbons (Fsp3) is 0. The molecule has 1 rings (SSSR count). The van der Waals surface area contributed by atoms with Crippen LogP contribution in [0.5, 0.6) is 0 Å². The minimum absolute atomic E-state index is 0. The normalized spacial score (nSPS) is 9.64. The third kappa shape index (κ3) is 4.28. The molecule has 0 spiro atoms. The van der Waals surface area contributed by atoms with Gasteiger partial charge < -0.3 is 22.5 Å². The zero-order valence-electron chi connectivity index (χ0n) is 7.60. The van der Waals surface area contributed by atoms with Crippen LogP contribution in [0.15, 0.2) is 22.8 Å². The van der Waals surface area contributed by atoms with Crippen LogP contribution in [0.4, 0.5) is 0 Å². The molecule has 1 aromatic heterocycles. The first kappa shape index (κ1) is 14.2. The van der Waals surface area contributed by atoms with E-state index in [-0.39, 0.29) is 51.6 Å². The van der Waals surface area contributed by atoms with Crippen LogP contribution in [0.1, 0.15) is 2.85 Å². The Bertz CT molecular complexity index is 235.